The molecule has 0 spiro atoms. The van der Waals surface area contributed by atoms with Gasteiger partial charge < -0.3 is 9.42 Å². The van der Waals surface area contributed by atoms with Crippen LogP contribution >= 0.6 is 7.60 Å². The molecule has 3 nitrogen and oxygen atoms in total. The van der Waals surface area contributed by atoms with Gasteiger partial charge in [0.05, 0.1) is 12.8 Å². The van der Waals surface area contributed by atoms with Gasteiger partial charge in [0, 0.05) is 0 Å². The van der Waals surface area contributed by atoms with E-state index in [9.17, 15) is 9.46 Å². The molecule has 0 bridgehead atoms. The van der Waals surface area contributed by atoms with E-state index in [0.717, 1.165) is 16.3 Å². The van der Waals surface area contributed by atoms with Crippen LogP contribution < -0.4 is 0 Å². The zero-order valence-corrected chi connectivity index (χ0v) is 10.6. The second-order valence-electron chi connectivity index (χ2n) is 3.89. The minimum absolute atomic E-state index is 0.0612. The van der Waals surface area contributed by atoms with Crippen LogP contribution in [0.3, 0.4) is 0 Å². The lowest BCUT2D eigenvalue weighted by Crippen LogP contribution is -1.93. The van der Waals surface area contributed by atoms with Crippen molar-refractivity contribution in [1.82, 2.24) is 0 Å². The van der Waals surface area contributed by atoms with Gasteiger partial charge in [-0.25, -0.2) is 0 Å². The normalized spacial score (nSPS) is 14.7. The Balaban J connectivity index is 2.28. The molecular formula is C13H15O3P. The van der Waals surface area contributed by atoms with Gasteiger partial charge in [-0.1, -0.05) is 42.5 Å². The highest BCUT2D eigenvalue weighted by Gasteiger charge is 2.18. The van der Waals surface area contributed by atoms with Crippen molar-refractivity contribution in [3.05, 3.63) is 48.0 Å². The van der Waals surface area contributed by atoms with E-state index in [1.807, 2.05) is 42.5 Å². The predicted octanol–water partition coefficient (Wildman–Crippen LogP) is 3.56. The molecule has 0 heterocycles. The zero-order valence-electron chi connectivity index (χ0n) is 9.67. The van der Waals surface area contributed by atoms with Crippen LogP contribution in [0.15, 0.2) is 42.5 Å². The molecule has 0 aliphatic heterocycles. The Morgan fingerprint density at radius 3 is 2.59 bits per heavy atom. The summed E-state index contributed by atoms with van der Waals surface area (Å²) in [6, 6.07) is 13.7. The first-order valence-corrected chi connectivity index (χ1v) is 7.31. The van der Waals surface area contributed by atoms with Crippen molar-refractivity contribution in [2.24, 2.45) is 0 Å². The van der Waals surface area contributed by atoms with E-state index in [4.69, 9.17) is 4.52 Å². The van der Waals surface area contributed by atoms with Crippen LogP contribution in [-0.2, 0) is 15.3 Å². The van der Waals surface area contributed by atoms with Crippen molar-refractivity contribution in [2.75, 3.05) is 6.61 Å². The Hall–Kier alpha value is -1.15. The first-order valence-electron chi connectivity index (χ1n) is 5.55. The summed E-state index contributed by atoms with van der Waals surface area (Å²) in [4.78, 5) is 9.57. The van der Waals surface area contributed by atoms with Gasteiger partial charge in [-0.15, -0.1) is 0 Å². The van der Waals surface area contributed by atoms with Crippen molar-refractivity contribution in [2.45, 2.75) is 13.1 Å². The fraction of sp³-hybridized carbons (Fsp3) is 0.231. The Kier molecular flexibility index (Phi) is 3.63. The third kappa shape index (κ3) is 3.16. The summed E-state index contributed by atoms with van der Waals surface area (Å²) >= 11 is 0. The Morgan fingerprint density at radius 2 is 1.88 bits per heavy atom. The largest absolute Gasteiger partial charge is 0.332 e. The summed E-state index contributed by atoms with van der Waals surface area (Å²) in [6.07, 6.45) is 0.0612. The van der Waals surface area contributed by atoms with Gasteiger partial charge >= 0.3 is 7.60 Å². The molecule has 2 aromatic carbocycles. The van der Waals surface area contributed by atoms with Crippen molar-refractivity contribution < 1.29 is 14.0 Å². The van der Waals surface area contributed by atoms with Crippen LogP contribution in [0.2, 0.25) is 0 Å². The van der Waals surface area contributed by atoms with Crippen LogP contribution in [0.1, 0.15) is 12.5 Å². The molecule has 2 rings (SSSR count). The molecule has 0 aliphatic carbocycles. The standard InChI is InChI=1S/C13H15O3P/c1-2-16-17(14,15)10-11-7-8-12-5-3-4-6-13(12)9-11/h3-9H,2,10H2,1H3,(H,14,15). The molecule has 0 amide bonds. The monoisotopic (exact) mass is 250 g/mol. The summed E-state index contributed by atoms with van der Waals surface area (Å²) in [6.45, 7) is 1.96. The van der Waals surface area contributed by atoms with Crippen LogP contribution in [0, 0.1) is 0 Å². The lowest BCUT2D eigenvalue weighted by Gasteiger charge is -2.11. The van der Waals surface area contributed by atoms with E-state index < -0.39 is 7.60 Å². The molecule has 90 valence electrons. The number of benzene rings is 2. The summed E-state index contributed by atoms with van der Waals surface area (Å²) in [7, 11) is -3.49. The second-order valence-corrected chi connectivity index (χ2v) is 5.74. The highest BCUT2D eigenvalue weighted by Crippen LogP contribution is 2.45. The lowest BCUT2D eigenvalue weighted by molar-refractivity contribution is 0.272. The van der Waals surface area contributed by atoms with Crippen molar-refractivity contribution >= 4 is 18.4 Å². The average molecular weight is 250 g/mol. The molecule has 1 N–H and O–H groups in total. The Bertz CT molecular complexity index is 565. The molecular weight excluding hydrogens is 235 g/mol. The maximum absolute atomic E-state index is 11.7. The van der Waals surface area contributed by atoms with E-state index in [1.165, 1.54) is 0 Å². The third-order valence-corrected chi connectivity index (χ3v) is 3.95. The first kappa shape index (κ1) is 12.3. The zero-order chi connectivity index (χ0) is 12.3. The fourth-order valence-corrected chi connectivity index (χ4v) is 2.97. The maximum Gasteiger partial charge on any atom is 0.332 e. The molecule has 0 radical (unpaired) electrons. The highest BCUT2D eigenvalue weighted by atomic mass is 31.2. The van der Waals surface area contributed by atoms with E-state index in [-0.39, 0.29) is 12.8 Å². The molecule has 0 saturated carbocycles. The van der Waals surface area contributed by atoms with Crippen molar-refractivity contribution in [1.29, 1.82) is 0 Å². The molecule has 17 heavy (non-hydrogen) atoms. The minimum Gasteiger partial charge on any atom is -0.324 e. The van der Waals surface area contributed by atoms with Gasteiger partial charge in [-0.05, 0) is 23.3 Å². The number of fused-ring (bicyclic) bond motifs is 1. The number of hydrogen-bond donors (Lipinski definition) is 1. The van der Waals surface area contributed by atoms with E-state index in [2.05, 4.69) is 0 Å². The molecule has 0 fully saturated rings. The average Bonchev–Trinajstić information content (AvgIpc) is 2.28. The van der Waals surface area contributed by atoms with Crippen LogP contribution in [0.5, 0.6) is 0 Å². The highest BCUT2D eigenvalue weighted by molar-refractivity contribution is 7.51. The molecule has 4 heteroatoms. The number of hydrogen-bond acceptors (Lipinski definition) is 2. The van der Waals surface area contributed by atoms with Gasteiger partial charge in [0.1, 0.15) is 0 Å². The van der Waals surface area contributed by atoms with Crippen LogP contribution in [0.25, 0.3) is 10.8 Å². The van der Waals surface area contributed by atoms with Crippen LogP contribution in [0.4, 0.5) is 0 Å². The van der Waals surface area contributed by atoms with E-state index in [0.29, 0.717) is 0 Å². The van der Waals surface area contributed by atoms with Gasteiger partial charge in [0.2, 0.25) is 0 Å². The fourth-order valence-electron chi connectivity index (χ4n) is 1.82. The predicted molar refractivity (Wildman–Crippen MR) is 69.1 cm³/mol. The number of rotatable bonds is 4. The molecule has 0 saturated heterocycles. The topological polar surface area (TPSA) is 46.5 Å². The van der Waals surface area contributed by atoms with Crippen molar-refractivity contribution in [3.8, 4) is 0 Å². The summed E-state index contributed by atoms with van der Waals surface area (Å²) in [5.74, 6) is 0. The summed E-state index contributed by atoms with van der Waals surface area (Å²) in [5, 5.41) is 2.20. The molecule has 0 aromatic heterocycles. The van der Waals surface area contributed by atoms with Gasteiger partial charge in [0.25, 0.3) is 0 Å². The molecule has 0 aliphatic rings. The van der Waals surface area contributed by atoms with Gasteiger partial charge in [-0.2, -0.15) is 0 Å². The van der Waals surface area contributed by atoms with Crippen LogP contribution in [-0.4, -0.2) is 11.5 Å². The Labute approximate surface area is 101 Å². The molecule has 1 atom stereocenters. The summed E-state index contributed by atoms with van der Waals surface area (Å²) in [5.41, 5.74) is 0.822. The van der Waals surface area contributed by atoms with E-state index in [1.54, 1.807) is 6.92 Å². The lowest BCUT2D eigenvalue weighted by atomic mass is 10.1. The third-order valence-electron chi connectivity index (χ3n) is 2.53. The van der Waals surface area contributed by atoms with Gasteiger partial charge in [-0.3, -0.25) is 4.57 Å². The summed E-state index contributed by atoms with van der Waals surface area (Å²) < 4.78 is 16.5. The Morgan fingerprint density at radius 1 is 1.18 bits per heavy atom. The second kappa shape index (κ2) is 5.01. The quantitative estimate of drug-likeness (QED) is 0.844. The SMILES string of the molecule is CCOP(=O)(O)Cc1ccc2ccccc2c1. The molecule has 1 unspecified atom stereocenters. The van der Waals surface area contributed by atoms with Crippen molar-refractivity contribution in [3.63, 3.8) is 0 Å². The smallest absolute Gasteiger partial charge is 0.324 e. The molecule has 2 aromatic rings. The first-order chi connectivity index (χ1) is 8.11. The maximum atomic E-state index is 11.7. The van der Waals surface area contributed by atoms with Gasteiger partial charge in [0.15, 0.2) is 0 Å². The minimum atomic E-state index is -3.49. The van der Waals surface area contributed by atoms with E-state index >= 15 is 0 Å².